The minimum atomic E-state index is 0.483. The van der Waals surface area contributed by atoms with E-state index in [9.17, 15) is 0 Å². The standard InChI is InChI=1S/C14H15ClN4O2/c1-8-5-12(19-16)18-14(17-8)9-6-10(15)13-11(7-9)20-3-2-4-21-13/h5-7H,2-4,16H2,1H3,(H,17,18,19). The first-order chi connectivity index (χ1) is 10.2. The van der Waals surface area contributed by atoms with Gasteiger partial charge in [-0.2, -0.15) is 0 Å². The van der Waals surface area contributed by atoms with E-state index in [0.717, 1.165) is 17.7 Å². The number of hydrogen-bond donors (Lipinski definition) is 2. The monoisotopic (exact) mass is 306 g/mol. The lowest BCUT2D eigenvalue weighted by molar-refractivity contribution is 0.297. The Morgan fingerprint density at radius 3 is 2.81 bits per heavy atom. The quantitative estimate of drug-likeness (QED) is 0.655. The molecule has 21 heavy (non-hydrogen) atoms. The van der Waals surface area contributed by atoms with Gasteiger partial charge in [0.15, 0.2) is 17.3 Å². The van der Waals surface area contributed by atoms with Crippen molar-refractivity contribution in [3.8, 4) is 22.9 Å². The largest absolute Gasteiger partial charge is 0.489 e. The minimum Gasteiger partial charge on any atom is -0.489 e. The summed E-state index contributed by atoms with van der Waals surface area (Å²) in [6.07, 6.45) is 0.822. The molecule has 1 aromatic carbocycles. The first-order valence-electron chi connectivity index (χ1n) is 6.59. The Morgan fingerprint density at radius 2 is 2.00 bits per heavy atom. The molecule has 0 saturated carbocycles. The number of nitrogens with two attached hydrogens (primary N) is 1. The fourth-order valence-corrected chi connectivity index (χ4v) is 2.40. The SMILES string of the molecule is Cc1cc(NN)nc(-c2cc(Cl)c3c(c2)OCCCO3)n1. The Bertz CT molecular complexity index is 678. The van der Waals surface area contributed by atoms with Crippen molar-refractivity contribution in [3.63, 3.8) is 0 Å². The van der Waals surface area contributed by atoms with Gasteiger partial charge in [-0.15, -0.1) is 0 Å². The second-order valence-electron chi connectivity index (χ2n) is 4.70. The number of nitrogen functional groups attached to an aromatic ring is 1. The first kappa shape index (κ1) is 13.9. The number of hydrazine groups is 1. The van der Waals surface area contributed by atoms with Gasteiger partial charge in [0.25, 0.3) is 0 Å². The second kappa shape index (κ2) is 5.75. The molecule has 1 aliphatic rings. The zero-order valence-electron chi connectivity index (χ0n) is 11.5. The third kappa shape index (κ3) is 2.86. The maximum absolute atomic E-state index is 6.28. The van der Waals surface area contributed by atoms with Gasteiger partial charge in [-0.05, 0) is 19.1 Å². The van der Waals surface area contributed by atoms with E-state index in [-0.39, 0.29) is 0 Å². The van der Waals surface area contributed by atoms with Crippen molar-refractivity contribution in [1.82, 2.24) is 9.97 Å². The highest BCUT2D eigenvalue weighted by Gasteiger charge is 2.17. The third-order valence-electron chi connectivity index (χ3n) is 3.06. The number of aromatic nitrogens is 2. The lowest BCUT2D eigenvalue weighted by Gasteiger charge is -2.12. The molecular formula is C14H15ClN4O2. The molecule has 0 fully saturated rings. The zero-order valence-corrected chi connectivity index (χ0v) is 12.3. The number of ether oxygens (including phenoxy) is 2. The van der Waals surface area contributed by atoms with Gasteiger partial charge in [0, 0.05) is 23.7 Å². The molecule has 6 nitrogen and oxygen atoms in total. The fraction of sp³-hybridized carbons (Fsp3) is 0.286. The Kier molecular flexibility index (Phi) is 3.81. The molecule has 0 amide bonds. The molecule has 3 rings (SSSR count). The van der Waals surface area contributed by atoms with Crippen molar-refractivity contribution in [3.05, 3.63) is 28.9 Å². The number of aryl methyl sites for hydroxylation is 1. The van der Waals surface area contributed by atoms with Gasteiger partial charge in [-0.25, -0.2) is 15.8 Å². The smallest absolute Gasteiger partial charge is 0.179 e. The number of nitrogens with zero attached hydrogens (tertiary/aromatic N) is 2. The molecule has 1 aliphatic heterocycles. The van der Waals surface area contributed by atoms with E-state index in [0.29, 0.717) is 41.4 Å². The molecular weight excluding hydrogens is 292 g/mol. The molecule has 110 valence electrons. The third-order valence-corrected chi connectivity index (χ3v) is 3.34. The average Bonchev–Trinajstić information content (AvgIpc) is 2.72. The van der Waals surface area contributed by atoms with Crippen LogP contribution in [-0.2, 0) is 0 Å². The number of anilines is 1. The fourth-order valence-electron chi connectivity index (χ4n) is 2.13. The number of nitrogens with one attached hydrogen (secondary N) is 1. The molecule has 0 radical (unpaired) electrons. The lowest BCUT2D eigenvalue weighted by atomic mass is 10.2. The van der Waals surface area contributed by atoms with Crippen LogP contribution in [0.4, 0.5) is 5.82 Å². The molecule has 0 bridgehead atoms. The zero-order chi connectivity index (χ0) is 14.8. The van der Waals surface area contributed by atoms with Gasteiger partial charge >= 0.3 is 0 Å². The van der Waals surface area contributed by atoms with Crippen LogP contribution in [0.25, 0.3) is 11.4 Å². The molecule has 7 heteroatoms. The summed E-state index contributed by atoms with van der Waals surface area (Å²) in [5.74, 6) is 7.67. The average molecular weight is 307 g/mol. The van der Waals surface area contributed by atoms with Gasteiger partial charge < -0.3 is 14.9 Å². The summed E-state index contributed by atoms with van der Waals surface area (Å²) in [4.78, 5) is 8.74. The predicted molar refractivity (Wildman–Crippen MR) is 80.6 cm³/mol. The molecule has 0 aliphatic carbocycles. The van der Waals surface area contributed by atoms with Crippen molar-refractivity contribution >= 4 is 17.4 Å². The summed E-state index contributed by atoms with van der Waals surface area (Å²) >= 11 is 6.28. The van der Waals surface area contributed by atoms with Crippen LogP contribution >= 0.6 is 11.6 Å². The number of fused-ring (bicyclic) bond motifs is 1. The predicted octanol–water partition coefficient (Wildman–Crippen LogP) is 2.55. The van der Waals surface area contributed by atoms with E-state index in [1.54, 1.807) is 12.1 Å². The Hall–Kier alpha value is -2.05. The van der Waals surface area contributed by atoms with Crippen LogP contribution in [0.2, 0.25) is 5.02 Å². The van der Waals surface area contributed by atoms with Crippen LogP contribution in [-0.4, -0.2) is 23.2 Å². The van der Waals surface area contributed by atoms with E-state index < -0.39 is 0 Å². The first-order valence-corrected chi connectivity index (χ1v) is 6.97. The van der Waals surface area contributed by atoms with Crippen molar-refractivity contribution in [2.24, 2.45) is 5.84 Å². The molecule has 0 saturated heterocycles. The van der Waals surface area contributed by atoms with Crippen molar-refractivity contribution < 1.29 is 9.47 Å². The maximum Gasteiger partial charge on any atom is 0.179 e. The summed E-state index contributed by atoms with van der Waals surface area (Å²) < 4.78 is 11.3. The number of rotatable bonds is 2. The Balaban J connectivity index is 2.09. The normalized spacial score (nSPS) is 13.7. The van der Waals surface area contributed by atoms with E-state index in [2.05, 4.69) is 15.4 Å². The highest BCUT2D eigenvalue weighted by atomic mass is 35.5. The van der Waals surface area contributed by atoms with Gasteiger partial charge in [-0.1, -0.05) is 11.6 Å². The van der Waals surface area contributed by atoms with Crippen molar-refractivity contribution in [2.75, 3.05) is 18.6 Å². The van der Waals surface area contributed by atoms with E-state index in [1.807, 2.05) is 13.0 Å². The van der Waals surface area contributed by atoms with E-state index in [4.69, 9.17) is 26.9 Å². The van der Waals surface area contributed by atoms with E-state index in [1.165, 1.54) is 0 Å². The van der Waals surface area contributed by atoms with Crippen LogP contribution in [0.5, 0.6) is 11.5 Å². The number of hydrogen-bond acceptors (Lipinski definition) is 6. The Morgan fingerprint density at radius 1 is 1.19 bits per heavy atom. The molecule has 2 aromatic rings. The van der Waals surface area contributed by atoms with Gasteiger partial charge in [0.05, 0.1) is 18.2 Å². The summed E-state index contributed by atoms with van der Waals surface area (Å²) in [5, 5.41) is 0.483. The van der Waals surface area contributed by atoms with Gasteiger partial charge in [0.1, 0.15) is 5.82 Å². The molecule has 0 spiro atoms. The summed E-state index contributed by atoms with van der Waals surface area (Å²) in [6, 6.07) is 5.36. The van der Waals surface area contributed by atoms with Crippen molar-refractivity contribution in [1.29, 1.82) is 0 Å². The molecule has 2 heterocycles. The summed E-state index contributed by atoms with van der Waals surface area (Å²) in [5.41, 5.74) is 4.08. The molecule has 1 aromatic heterocycles. The van der Waals surface area contributed by atoms with Gasteiger partial charge in [-0.3, -0.25) is 0 Å². The topological polar surface area (TPSA) is 82.3 Å². The molecule has 0 unspecified atom stereocenters. The van der Waals surface area contributed by atoms with Crippen LogP contribution in [0.3, 0.4) is 0 Å². The summed E-state index contributed by atoms with van der Waals surface area (Å²) in [6.45, 7) is 3.06. The highest BCUT2D eigenvalue weighted by molar-refractivity contribution is 6.32. The van der Waals surface area contributed by atoms with Crippen LogP contribution < -0.4 is 20.7 Å². The number of benzene rings is 1. The number of halogens is 1. The van der Waals surface area contributed by atoms with Crippen LogP contribution in [0, 0.1) is 6.92 Å². The second-order valence-corrected chi connectivity index (χ2v) is 5.11. The molecule has 3 N–H and O–H groups in total. The summed E-state index contributed by atoms with van der Waals surface area (Å²) in [7, 11) is 0. The lowest BCUT2D eigenvalue weighted by Crippen LogP contribution is -2.10. The van der Waals surface area contributed by atoms with Crippen molar-refractivity contribution in [2.45, 2.75) is 13.3 Å². The van der Waals surface area contributed by atoms with Gasteiger partial charge in [0.2, 0.25) is 0 Å². The Labute approximate surface area is 127 Å². The minimum absolute atomic E-state index is 0.483. The van der Waals surface area contributed by atoms with E-state index >= 15 is 0 Å². The maximum atomic E-state index is 6.28. The van der Waals surface area contributed by atoms with Crippen LogP contribution in [0.1, 0.15) is 12.1 Å². The molecule has 0 atom stereocenters. The highest BCUT2D eigenvalue weighted by Crippen LogP contribution is 2.40. The van der Waals surface area contributed by atoms with Crippen LogP contribution in [0.15, 0.2) is 18.2 Å².